The molecule has 1 fully saturated rings. The molecule has 0 radical (unpaired) electrons. The Bertz CT molecular complexity index is 894. The molecule has 1 aliphatic heterocycles. The highest BCUT2D eigenvalue weighted by Crippen LogP contribution is 2.20. The summed E-state index contributed by atoms with van der Waals surface area (Å²) in [6, 6.07) is 7.70. The summed E-state index contributed by atoms with van der Waals surface area (Å²) in [6.45, 7) is 13.0. The molecule has 2 aromatic rings. The van der Waals surface area contributed by atoms with Gasteiger partial charge in [-0.2, -0.15) is 10.1 Å². The second-order valence-electron chi connectivity index (χ2n) is 8.17. The SMILES string of the molecule is CCCN(CCC)c1cc(OCCN2CCOCC2)nc(/C=N/Nc2cc(C)ccc2N)n1. The Morgan fingerprint density at radius 2 is 1.94 bits per heavy atom. The van der Waals surface area contributed by atoms with E-state index < -0.39 is 0 Å². The minimum Gasteiger partial charge on any atom is -0.476 e. The van der Waals surface area contributed by atoms with E-state index in [4.69, 9.17) is 20.2 Å². The molecule has 0 amide bonds. The first kappa shape index (κ1) is 24.7. The molecule has 1 aliphatic rings. The lowest BCUT2D eigenvalue weighted by molar-refractivity contribution is 0.0320. The molecule has 0 aliphatic carbocycles. The van der Waals surface area contributed by atoms with Crippen molar-refractivity contribution in [1.29, 1.82) is 0 Å². The lowest BCUT2D eigenvalue weighted by Gasteiger charge is -2.26. The number of aromatic nitrogens is 2. The molecule has 0 spiro atoms. The Hall–Kier alpha value is -2.91. The molecule has 0 saturated carbocycles. The molecule has 1 saturated heterocycles. The van der Waals surface area contributed by atoms with Crippen LogP contribution in [0.2, 0.25) is 0 Å². The van der Waals surface area contributed by atoms with E-state index in [1.54, 1.807) is 6.21 Å². The van der Waals surface area contributed by atoms with Gasteiger partial charge in [-0.3, -0.25) is 10.3 Å². The van der Waals surface area contributed by atoms with Crippen LogP contribution in [0.4, 0.5) is 17.2 Å². The van der Waals surface area contributed by atoms with Gasteiger partial charge >= 0.3 is 0 Å². The van der Waals surface area contributed by atoms with Gasteiger partial charge in [0.25, 0.3) is 0 Å². The van der Waals surface area contributed by atoms with Gasteiger partial charge < -0.3 is 20.1 Å². The quantitative estimate of drug-likeness (QED) is 0.286. The topological polar surface area (TPSA) is 101 Å². The number of ether oxygens (including phenoxy) is 2. The number of nitrogens with zero attached hydrogens (tertiary/aromatic N) is 5. The van der Waals surface area contributed by atoms with E-state index in [1.807, 2.05) is 31.2 Å². The molecule has 0 bridgehead atoms. The van der Waals surface area contributed by atoms with Gasteiger partial charge in [-0.1, -0.05) is 19.9 Å². The molecule has 0 atom stereocenters. The number of hydrazone groups is 1. The normalized spacial score (nSPS) is 14.5. The van der Waals surface area contributed by atoms with Crippen molar-refractivity contribution in [1.82, 2.24) is 14.9 Å². The van der Waals surface area contributed by atoms with E-state index in [9.17, 15) is 0 Å². The van der Waals surface area contributed by atoms with Crippen molar-refractivity contribution >= 4 is 23.4 Å². The summed E-state index contributed by atoms with van der Waals surface area (Å²) in [4.78, 5) is 13.9. The average molecular weight is 456 g/mol. The first-order valence-corrected chi connectivity index (χ1v) is 11.8. The van der Waals surface area contributed by atoms with E-state index in [0.717, 1.165) is 75.8 Å². The summed E-state index contributed by atoms with van der Waals surface area (Å²) < 4.78 is 11.4. The van der Waals surface area contributed by atoms with Crippen LogP contribution in [-0.4, -0.2) is 73.6 Å². The van der Waals surface area contributed by atoms with Gasteiger partial charge in [-0.25, -0.2) is 4.98 Å². The Morgan fingerprint density at radius 1 is 1.18 bits per heavy atom. The van der Waals surface area contributed by atoms with Gasteiger partial charge in [0.05, 0.1) is 30.8 Å². The second kappa shape index (κ2) is 13.0. The number of rotatable bonds is 12. The van der Waals surface area contributed by atoms with E-state index in [2.05, 4.69) is 39.2 Å². The highest BCUT2D eigenvalue weighted by molar-refractivity contribution is 5.77. The number of nitrogens with two attached hydrogens (primary N) is 1. The standard InChI is InChI=1S/C24H37N7O2/c1-4-8-31(9-5-2)23-17-24(33-15-12-30-10-13-32-14-11-30)28-22(27-23)18-26-29-21-16-19(3)6-7-20(21)25/h6-7,16-18,29H,4-5,8-15,25H2,1-3H3/b26-18+. The second-order valence-corrected chi connectivity index (χ2v) is 8.17. The minimum absolute atomic E-state index is 0.491. The van der Waals surface area contributed by atoms with Gasteiger partial charge in [0, 0.05) is 38.8 Å². The molecule has 1 aromatic carbocycles. The van der Waals surface area contributed by atoms with E-state index >= 15 is 0 Å². The Labute approximate surface area is 197 Å². The van der Waals surface area contributed by atoms with Gasteiger partial charge in [0.2, 0.25) is 5.88 Å². The minimum atomic E-state index is 0.491. The van der Waals surface area contributed by atoms with Crippen molar-refractivity contribution in [3.63, 3.8) is 0 Å². The first-order valence-electron chi connectivity index (χ1n) is 11.8. The van der Waals surface area contributed by atoms with Crippen LogP contribution in [0.3, 0.4) is 0 Å². The summed E-state index contributed by atoms with van der Waals surface area (Å²) in [5, 5.41) is 4.32. The van der Waals surface area contributed by atoms with Crippen LogP contribution in [0.5, 0.6) is 5.88 Å². The third kappa shape index (κ3) is 7.87. The molecule has 33 heavy (non-hydrogen) atoms. The molecule has 3 N–H and O–H groups in total. The van der Waals surface area contributed by atoms with Crippen molar-refractivity contribution in [2.75, 3.05) is 68.6 Å². The number of nitrogens with one attached hydrogen (secondary N) is 1. The van der Waals surface area contributed by atoms with E-state index in [1.165, 1.54) is 0 Å². The molecular weight excluding hydrogens is 418 g/mol. The van der Waals surface area contributed by atoms with Crippen molar-refractivity contribution < 1.29 is 9.47 Å². The third-order valence-electron chi connectivity index (χ3n) is 5.35. The zero-order valence-corrected chi connectivity index (χ0v) is 20.1. The summed E-state index contributed by atoms with van der Waals surface area (Å²) >= 11 is 0. The zero-order chi connectivity index (χ0) is 23.5. The predicted octanol–water partition coefficient (Wildman–Crippen LogP) is 3.15. The zero-order valence-electron chi connectivity index (χ0n) is 20.1. The Morgan fingerprint density at radius 3 is 2.67 bits per heavy atom. The van der Waals surface area contributed by atoms with Gasteiger partial charge in [0.15, 0.2) is 5.82 Å². The van der Waals surface area contributed by atoms with Crippen molar-refractivity contribution in [3.05, 3.63) is 35.7 Å². The summed E-state index contributed by atoms with van der Waals surface area (Å²) in [7, 11) is 0. The molecule has 1 aromatic heterocycles. The number of anilines is 3. The van der Waals surface area contributed by atoms with Crippen LogP contribution < -0.4 is 20.8 Å². The van der Waals surface area contributed by atoms with Crippen LogP contribution >= 0.6 is 0 Å². The van der Waals surface area contributed by atoms with Gasteiger partial charge in [-0.05, 0) is 37.5 Å². The maximum atomic E-state index is 6.03. The maximum Gasteiger partial charge on any atom is 0.219 e. The van der Waals surface area contributed by atoms with Crippen LogP contribution in [0.1, 0.15) is 38.1 Å². The molecule has 180 valence electrons. The lowest BCUT2D eigenvalue weighted by Crippen LogP contribution is -2.38. The molecule has 3 rings (SSSR count). The monoisotopic (exact) mass is 455 g/mol. The van der Waals surface area contributed by atoms with E-state index in [-0.39, 0.29) is 0 Å². The summed E-state index contributed by atoms with van der Waals surface area (Å²) in [5.74, 6) is 1.90. The number of benzene rings is 1. The molecule has 9 heteroatoms. The van der Waals surface area contributed by atoms with Crippen molar-refractivity contribution in [2.45, 2.75) is 33.6 Å². The largest absolute Gasteiger partial charge is 0.476 e. The fourth-order valence-electron chi connectivity index (χ4n) is 3.64. The van der Waals surface area contributed by atoms with Crippen molar-refractivity contribution in [3.8, 4) is 5.88 Å². The van der Waals surface area contributed by atoms with Crippen LogP contribution in [0.25, 0.3) is 0 Å². The molecule has 9 nitrogen and oxygen atoms in total. The molecule has 2 heterocycles. The highest BCUT2D eigenvalue weighted by atomic mass is 16.5. The maximum absolute atomic E-state index is 6.03. The van der Waals surface area contributed by atoms with Crippen molar-refractivity contribution in [2.24, 2.45) is 5.10 Å². The lowest BCUT2D eigenvalue weighted by atomic mass is 10.2. The number of hydrogen-bond donors (Lipinski definition) is 2. The first-order chi connectivity index (χ1) is 16.1. The summed E-state index contributed by atoms with van der Waals surface area (Å²) in [6.07, 6.45) is 3.68. The predicted molar refractivity (Wildman–Crippen MR) is 134 cm³/mol. The molecule has 0 unspecified atom stereocenters. The highest BCUT2D eigenvalue weighted by Gasteiger charge is 2.13. The smallest absolute Gasteiger partial charge is 0.219 e. The fourth-order valence-corrected chi connectivity index (χ4v) is 3.64. The number of nitrogen functional groups attached to an aromatic ring is 1. The molecular formula is C24H37N7O2. The summed E-state index contributed by atoms with van der Waals surface area (Å²) in [5.41, 5.74) is 11.5. The number of hydrogen-bond acceptors (Lipinski definition) is 9. The van der Waals surface area contributed by atoms with Gasteiger partial charge in [0.1, 0.15) is 12.4 Å². The van der Waals surface area contributed by atoms with Crippen LogP contribution in [0.15, 0.2) is 29.4 Å². The Kier molecular flexibility index (Phi) is 9.71. The average Bonchev–Trinajstić information content (AvgIpc) is 2.82. The third-order valence-corrected chi connectivity index (χ3v) is 5.35. The fraction of sp³-hybridized carbons (Fsp3) is 0.542. The van der Waals surface area contributed by atoms with E-state index in [0.29, 0.717) is 24.0 Å². The number of morpholine rings is 1. The Balaban J connectivity index is 1.74. The number of aryl methyl sites for hydroxylation is 1. The van der Waals surface area contributed by atoms with Crippen LogP contribution in [-0.2, 0) is 4.74 Å². The van der Waals surface area contributed by atoms with Gasteiger partial charge in [-0.15, -0.1) is 0 Å². The van der Waals surface area contributed by atoms with Crippen LogP contribution in [0, 0.1) is 6.92 Å².